The molecule has 1 heteroatoms. The molecule has 1 rings (SSSR count). The fraction of sp³-hybridized carbons (Fsp3) is 0.800. The third-order valence-electron chi connectivity index (χ3n) is 2.58. The average Bonchev–Trinajstić information content (AvgIpc) is 1.85. The van der Waals surface area contributed by atoms with Crippen LogP contribution >= 0.6 is 0 Å². The molecule has 0 heterocycles. The van der Waals surface area contributed by atoms with Crippen molar-refractivity contribution in [3.8, 4) is 0 Å². The average molecular weight is 153 g/mol. The Morgan fingerprint density at radius 2 is 2.18 bits per heavy atom. The predicted molar refractivity (Wildman–Crippen MR) is 49.3 cm³/mol. The molecule has 0 unspecified atom stereocenters. The molecule has 11 heavy (non-hydrogen) atoms. The van der Waals surface area contributed by atoms with Gasteiger partial charge in [0.15, 0.2) is 0 Å². The predicted octanol–water partition coefficient (Wildman–Crippen LogP) is 2.33. The maximum Gasteiger partial charge on any atom is 0.0139 e. The zero-order valence-electron chi connectivity index (χ0n) is 7.64. The van der Waals surface area contributed by atoms with E-state index in [1.165, 1.54) is 24.8 Å². The van der Waals surface area contributed by atoms with E-state index in [-0.39, 0.29) is 0 Å². The van der Waals surface area contributed by atoms with Crippen LogP contribution in [0.25, 0.3) is 0 Å². The Labute approximate surface area is 69.7 Å². The van der Waals surface area contributed by atoms with Gasteiger partial charge in [0.05, 0.1) is 0 Å². The van der Waals surface area contributed by atoms with Gasteiger partial charge in [-0.2, -0.15) is 0 Å². The third kappa shape index (κ3) is 2.33. The van der Waals surface area contributed by atoms with Crippen LogP contribution in [0.5, 0.6) is 0 Å². The van der Waals surface area contributed by atoms with E-state index in [0.717, 1.165) is 12.5 Å². The highest BCUT2D eigenvalue weighted by atomic mass is 14.5. The summed E-state index contributed by atoms with van der Waals surface area (Å²) in [5.74, 6) is 1.50. The SMILES string of the molecule is CC(C)C(=CC1CCC1)CN. The monoisotopic (exact) mass is 153 g/mol. The number of hydrogen-bond donors (Lipinski definition) is 1. The third-order valence-corrected chi connectivity index (χ3v) is 2.58. The topological polar surface area (TPSA) is 26.0 Å². The Morgan fingerprint density at radius 3 is 2.45 bits per heavy atom. The summed E-state index contributed by atoms with van der Waals surface area (Å²) in [6, 6.07) is 0. The normalized spacial score (nSPS) is 20.5. The summed E-state index contributed by atoms with van der Waals surface area (Å²) >= 11 is 0. The van der Waals surface area contributed by atoms with Gasteiger partial charge in [0.25, 0.3) is 0 Å². The molecule has 1 aliphatic carbocycles. The van der Waals surface area contributed by atoms with Gasteiger partial charge in [-0.3, -0.25) is 0 Å². The fourth-order valence-electron chi connectivity index (χ4n) is 1.41. The Kier molecular flexibility index (Phi) is 3.13. The second-order valence-electron chi connectivity index (χ2n) is 3.79. The largest absolute Gasteiger partial charge is 0.327 e. The highest BCUT2D eigenvalue weighted by molar-refractivity contribution is 5.09. The molecule has 2 N–H and O–H groups in total. The van der Waals surface area contributed by atoms with Crippen LogP contribution in [0.4, 0.5) is 0 Å². The van der Waals surface area contributed by atoms with Crippen LogP contribution in [0.1, 0.15) is 33.1 Å². The maximum absolute atomic E-state index is 5.63. The molecule has 0 atom stereocenters. The first-order chi connectivity index (χ1) is 5.24. The Balaban J connectivity index is 2.44. The molecule has 1 fully saturated rings. The first-order valence-corrected chi connectivity index (χ1v) is 4.64. The van der Waals surface area contributed by atoms with Crippen molar-refractivity contribution in [2.45, 2.75) is 33.1 Å². The number of hydrogen-bond acceptors (Lipinski definition) is 1. The van der Waals surface area contributed by atoms with Crippen molar-refractivity contribution in [2.24, 2.45) is 17.6 Å². The van der Waals surface area contributed by atoms with Gasteiger partial charge in [-0.1, -0.05) is 31.9 Å². The second kappa shape index (κ2) is 3.91. The molecule has 0 aliphatic heterocycles. The van der Waals surface area contributed by atoms with Gasteiger partial charge in [0, 0.05) is 6.54 Å². The lowest BCUT2D eigenvalue weighted by Crippen LogP contribution is -2.14. The summed E-state index contributed by atoms with van der Waals surface area (Å²) < 4.78 is 0. The second-order valence-corrected chi connectivity index (χ2v) is 3.79. The highest BCUT2D eigenvalue weighted by Crippen LogP contribution is 2.29. The molecule has 1 nitrogen and oxygen atoms in total. The van der Waals surface area contributed by atoms with Crippen molar-refractivity contribution in [2.75, 3.05) is 6.54 Å². The molecular formula is C10H19N. The molecule has 1 saturated carbocycles. The minimum Gasteiger partial charge on any atom is -0.327 e. The summed E-state index contributed by atoms with van der Waals surface area (Å²) in [5.41, 5.74) is 7.07. The molecule has 0 aromatic heterocycles. The molecule has 0 spiro atoms. The Bertz CT molecular complexity index is 143. The van der Waals surface area contributed by atoms with Gasteiger partial charge in [-0.05, 0) is 24.7 Å². The van der Waals surface area contributed by atoms with E-state index in [4.69, 9.17) is 5.73 Å². The minimum absolute atomic E-state index is 0.639. The van der Waals surface area contributed by atoms with E-state index in [1.54, 1.807) is 0 Å². The molecule has 0 bridgehead atoms. The summed E-state index contributed by atoms with van der Waals surface area (Å²) in [6.45, 7) is 5.18. The van der Waals surface area contributed by atoms with E-state index in [0.29, 0.717) is 5.92 Å². The first kappa shape index (κ1) is 8.79. The van der Waals surface area contributed by atoms with Gasteiger partial charge in [-0.15, -0.1) is 0 Å². The summed E-state index contributed by atoms with van der Waals surface area (Å²) in [5, 5.41) is 0. The Morgan fingerprint density at radius 1 is 1.55 bits per heavy atom. The van der Waals surface area contributed by atoms with Crippen LogP contribution in [-0.2, 0) is 0 Å². The van der Waals surface area contributed by atoms with Gasteiger partial charge >= 0.3 is 0 Å². The van der Waals surface area contributed by atoms with Crippen LogP contribution < -0.4 is 5.73 Å². The van der Waals surface area contributed by atoms with E-state index in [2.05, 4.69) is 19.9 Å². The molecule has 64 valence electrons. The molecule has 0 saturated heterocycles. The van der Waals surface area contributed by atoms with E-state index < -0.39 is 0 Å². The van der Waals surface area contributed by atoms with Crippen molar-refractivity contribution in [3.63, 3.8) is 0 Å². The van der Waals surface area contributed by atoms with Crippen molar-refractivity contribution >= 4 is 0 Å². The van der Waals surface area contributed by atoms with Crippen LogP contribution in [0.3, 0.4) is 0 Å². The van der Waals surface area contributed by atoms with E-state index >= 15 is 0 Å². The molecular weight excluding hydrogens is 134 g/mol. The molecule has 0 aromatic rings. The summed E-state index contributed by atoms with van der Waals surface area (Å²) in [4.78, 5) is 0. The van der Waals surface area contributed by atoms with Crippen molar-refractivity contribution < 1.29 is 0 Å². The zero-order chi connectivity index (χ0) is 8.27. The van der Waals surface area contributed by atoms with E-state index in [1.807, 2.05) is 0 Å². The van der Waals surface area contributed by atoms with Crippen LogP contribution in [-0.4, -0.2) is 6.54 Å². The lowest BCUT2D eigenvalue weighted by atomic mass is 9.83. The van der Waals surface area contributed by atoms with Crippen molar-refractivity contribution in [1.82, 2.24) is 0 Å². The Hall–Kier alpha value is -0.300. The minimum atomic E-state index is 0.639. The standard InChI is InChI=1S/C10H19N/c1-8(2)10(7-11)6-9-4-3-5-9/h6,8-9H,3-5,7,11H2,1-2H3. The van der Waals surface area contributed by atoms with Crippen molar-refractivity contribution in [3.05, 3.63) is 11.6 Å². The molecule has 0 radical (unpaired) electrons. The van der Waals surface area contributed by atoms with Crippen LogP contribution in [0, 0.1) is 11.8 Å². The zero-order valence-corrected chi connectivity index (χ0v) is 7.64. The lowest BCUT2D eigenvalue weighted by Gasteiger charge is -2.24. The number of nitrogens with two attached hydrogens (primary N) is 1. The van der Waals surface area contributed by atoms with Gasteiger partial charge in [-0.25, -0.2) is 0 Å². The smallest absolute Gasteiger partial charge is 0.0139 e. The first-order valence-electron chi connectivity index (χ1n) is 4.64. The maximum atomic E-state index is 5.63. The summed E-state index contributed by atoms with van der Waals surface area (Å²) in [7, 11) is 0. The molecule has 0 aromatic carbocycles. The summed E-state index contributed by atoms with van der Waals surface area (Å²) in [6.07, 6.45) is 6.58. The van der Waals surface area contributed by atoms with Crippen LogP contribution in [0.15, 0.2) is 11.6 Å². The quantitative estimate of drug-likeness (QED) is 0.619. The molecule has 1 aliphatic rings. The number of allylic oxidation sites excluding steroid dienone is 1. The lowest BCUT2D eigenvalue weighted by molar-refractivity contribution is 0.383. The van der Waals surface area contributed by atoms with E-state index in [9.17, 15) is 0 Å². The van der Waals surface area contributed by atoms with Crippen LogP contribution in [0.2, 0.25) is 0 Å². The van der Waals surface area contributed by atoms with Gasteiger partial charge < -0.3 is 5.73 Å². The van der Waals surface area contributed by atoms with Crippen molar-refractivity contribution in [1.29, 1.82) is 0 Å². The van der Waals surface area contributed by atoms with Gasteiger partial charge in [0.1, 0.15) is 0 Å². The van der Waals surface area contributed by atoms with Gasteiger partial charge in [0.2, 0.25) is 0 Å². The molecule has 0 amide bonds. The highest BCUT2D eigenvalue weighted by Gasteiger charge is 2.15. The fourth-order valence-corrected chi connectivity index (χ4v) is 1.41. The number of rotatable bonds is 3.